The van der Waals surface area contributed by atoms with E-state index in [9.17, 15) is 0 Å². The average Bonchev–Trinajstić information content (AvgIpc) is 4.10. The third kappa shape index (κ3) is 11.0. The molecule has 4 nitrogen and oxygen atoms in total. The van der Waals surface area contributed by atoms with Gasteiger partial charge >= 0.3 is 52.4 Å². The molecule has 0 unspecified atom stereocenters. The number of aryl methyl sites for hydroxylation is 4. The van der Waals surface area contributed by atoms with Crippen molar-refractivity contribution in [1.29, 1.82) is 0 Å². The van der Waals surface area contributed by atoms with Crippen LogP contribution in [0.2, 0.25) is 0 Å². The first kappa shape index (κ1) is 49.8. The summed E-state index contributed by atoms with van der Waals surface area (Å²) in [5, 5.41) is 10.2. The Bertz CT molecular complexity index is 2810. The minimum atomic E-state index is 0. The van der Waals surface area contributed by atoms with Crippen LogP contribution in [0.25, 0.3) is 88.4 Å². The molecule has 0 N–H and O–H groups in total. The van der Waals surface area contributed by atoms with E-state index in [2.05, 4.69) is 149 Å². The Balaban J connectivity index is 0.000000157. The quantitative estimate of drug-likeness (QED) is 0.165. The number of halogens is 2. The first-order valence-electron chi connectivity index (χ1n) is 20.2. The van der Waals surface area contributed by atoms with Crippen LogP contribution >= 0.6 is 0 Å². The van der Waals surface area contributed by atoms with Crippen molar-refractivity contribution in [2.45, 2.75) is 27.7 Å². The van der Waals surface area contributed by atoms with Gasteiger partial charge < -0.3 is 42.5 Å². The second kappa shape index (κ2) is 22.6. The van der Waals surface area contributed by atoms with E-state index in [1.54, 1.807) is 25.1 Å². The van der Waals surface area contributed by atoms with Crippen LogP contribution in [0, 0.1) is 27.7 Å². The van der Waals surface area contributed by atoms with Gasteiger partial charge in [0, 0.05) is 0 Å². The van der Waals surface area contributed by atoms with Crippen LogP contribution in [0.5, 0.6) is 0 Å². The molecule has 12 aromatic rings. The summed E-state index contributed by atoms with van der Waals surface area (Å²) in [6.07, 6.45) is 6.85. The fraction of sp³-hybridized carbons (Fsp3) is 0.0714. The summed E-state index contributed by atoms with van der Waals surface area (Å²) in [6.45, 7) is 8.47. The SMILES string of the molecule is Cc1cc2c(-c3ccco3)cccc2[cH-]1.Cc1cc2c(-c3ccco3)cccc2[cH-]1.Cc1cc2c(-c3ccco3)cccc2[cH-]1.Cc1cc2c(-c3ccco3)cccc2[cH-]1.[Cl-].[Cl-].[Zr+2].[Zr+2]. The summed E-state index contributed by atoms with van der Waals surface area (Å²) in [7, 11) is 0. The fourth-order valence-corrected chi connectivity index (χ4v) is 8.13. The van der Waals surface area contributed by atoms with Gasteiger partial charge in [-0.05, 0) is 70.8 Å². The van der Waals surface area contributed by atoms with Crippen LogP contribution in [0.15, 0.2) is 213 Å². The van der Waals surface area contributed by atoms with Gasteiger partial charge in [0.1, 0.15) is 23.0 Å². The summed E-state index contributed by atoms with van der Waals surface area (Å²) >= 11 is 0. The first-order chi connectivity index (χ1) is 29.4. The molecule has 0 atom stereocenters. The topological polar surface area (TPSA) is 52.6 Å². The van der Waals surface area contributed by atoms with Crippen LogP contribution in [0.3, 0.4) is 0 Å². The number of hydrogen-bond donors (Lipinski definition) is 0. The molecular formula is C56H44Cl2O4Zr2-2. The van der Waals surface area contributed by atoms with E-state index in [1.165, 1.54) is 87.6 Å². The Morgan fingerprint density at radius 3 is 0.703 bits per heavy atom. The van der Waals surface area contributed by atoms with Crippen LogP contribution in [0.4, 0.5) is 0 Å². The van der Waals surface area contributed by atoms with Crippen molar-refractivity contribution in [2.24, 2.45) is 0 Å². The Morgan fingerprint density at radius 2 is 0.516 bits per heavy atom. The molecule has 12 rings (SSSR count). The molecule has 0 aliphatic carbocycles. The molecule has 0 radical (unpaired) electrons. The number of fused-ring (bicyclic) bond motifs is 4. The van der Waals surface area contributed by atoms with Gasteiger partial charge in [-0.15, -0.1) is 138 Å². The number of hydrogen-bond acceptors (Lipinski definition) is 4. The molecule has 4 heterocycles. The summed E-state index contributed by atoms with van der Waals surface area (Å²) in [5.41, 5.74) is 9.87. The van der Waals surface area contributed by atoms with Crippen molar-refractivity contribution in [2.75, 3.05) is 0 Å². The minimum Gasteiger partial charge on any atom is -1.00 e. The first-order valence-corrected chi connectivity index (χ1v) is 20.2. The normalized spacial score (nSPS) is 10.3. The van der Waals surface area contributed by atoms with Crippen molar-refractivity contribution in [3.8, 4) is 45.3 Å². The van der Waals surface area contributed by atoms with Gasteiger partial charge in [0.05, 0.1) is 25.1 Å². The molecule has 0 aliphatic heterocycles. The Morgan fingerprint density at radius 1 is 0.297 bits per heavy atom. The average molecular weight is 1030 g/mol. The van der Waals surface area contributed by atoms with Gasteiger partial charge in [0.2, 0.25) is 0 Å². The minimum absolute atomic E-state index is 0. The molecule has 8 heteroatoms. The summed E-state index contributed by atoms with van der Waals surface area (Å²) in [6, 6.07) is 58.5. The Hall–Kier alpha value is -5.21. The van der Waals surface area contributed by atoms with E-state index in [1.807, 2.05) is 48.5 Å². The molecule has 0 fully saturated rings. The van der Waals surface area contributed by atoms with Crippen molar-refractivity contribution in [1.82, 2.24) is 0 Å². The van der Waals surface area contributed by atoms with E-state index in [-0.39, 0.29) is 77.2 Å². The maximum Gasteiger partial charge on any atom is 2.00 e. The molecule has 0 aliphatic rings. The summed E-state index contributed by atoms with van der Waals surface area (Å²) in [5.74, 6) is 3.75. The largest absolute Gasteiger partial charge is 2.00 e. The zero-order valence-corrected chi connectivity index (χ0v) is 42.3. The third-order valence-corrected chi connectivity index (χ3v) is 10.7. The van der Waals surface area contributed by atoms with Crippen molar-refractivity contribution < 1.29 is 94.9 Å². The summed E-state index contributed by atoms with van der Waals surface area (Å²) in [4.78, 5) is 0. The van der Waals surface area contributed by atoms with Crippen LogP contribution < -0.4 is 24.8 Å². The van der Waals surface area contributed by atoms with Gasteiger partial charge in [0.15, 0.2) is 0 Å². The number of furan rings is 4. The molecule has 0 spiro atoms. The zero-order chi connectivity index (χ0) is 41.0. The van der Waals surface area contributed by atoms with E-state index in [0.717, 1.165) is 23.0 Å². The molecule has 0 bridgehead atoms. The molecule has 64 heavy (non-hydrogen) atoms. The monoisotopic (exact) mass is 1030 g/mol. The van der Waals surface area contributed by atoms with Crippen molar-refractivity contribution >= 4 is 43.1 Å². The molecular weight excluding hydrogens is 990 g/mol. The molecule has 4 aromatic heterocycles. The maximum absolute atomic E-state index is 5.44. The van der Waals surface area contributed by atoms with Gasteiger partial charge in [-0.2, -0.15) is 24.3 Å². The van der Waals surface area contributed by atoms with E-state index < -0.39 is 0 Å². The Kier molecular flexibility index (Phi) is 17.6. The van der Waals surface area contributed by atoms with E-state index in [0.29, 0.717) is 0 Å². The molecule has 316 valence electrons. The predicted octanol–water partition coefficient (Wildman–Crippen LogP) is 10.5. The van der Waals surface area contributed by atoms with Crippen LogP contribution in [-0.2, 0) is 52.4 Å². The predicted molar refractivity (Wildman–Crippen MR) is 248 cm³/mol. The zero-order valence-electron chi connectivity index (χ0n) is 35.9. The second-order valence-corrected chi connectivity index (χ2v) is 15.3. The van der Waals surface area contributed by atoms with Gasteiger partial charge in [-0.3, -0.25) is 0 Å². The molecule has 0 saturated carbocycles. The van der Waals surface area contributed by atoms with E-state index in [4.69, 9.17) is 17.7 Å². The smallest absolute Gasteiger partial charge is 1.00 e. The number of benzene rings is 4. The van der Waals surface area contributed by atoms with Crippen LogP contribution in [0.1, 0.15) is 22.3 Å². The molecule has 0 amide bonds. The standard InChI is InChI=1S/4C14H11O.2ClH.2Zr/c4*1-10-8-11-4-2-5-12(13(11)9-10)14-6-3-7-15-14;;;;/h4*2-9H,1H3;2*1H;;/q4*-1;;;2*+2/p-2. The molecule has 8 aromatic carbocycles. The number of rotatable bonds is 4. The van der Waals surface area contributed by atoms with Gasteiger partial charge in [0.25, 0.3) is 0 Å². The van der Waals surface area contributed by atoms with Gasteiger partial charge in [-0.1, -0.05) is 52.0 Å². The van der Waals surface area contributed by atoms with Crippen molar-refractivity contribution in [3.05, 3.63) is 217 Å². The van der Waals surface area contributed by atoms with Gasteiger partial charge in [-0.25, -0.2) is 0 Å². The molecule has 0 saturated heterocycles. The maximum atomic E-state index is 5.44. The second-order valence-electron chi connectivity index (χ2n) is 15.3. The Labute approximate surface area is 424 Å². The van der Waals surface area contributed by atoms with E-state index >= 15 is 0 Å². The van der Waals surface area contributed by atoms with Crippen LogP contribution in [-0.4, -0.2) is 0 Å². The fourth-order valence-electron chi connectivity index (χ4n) is 8.13. The summed E-state index contributed by atoms with van der Waals surface area (Å²) < 4.78 is 21.7. The third-order valence-electron chi connectivity index (χ3n) is 10.7. The van der Waals surface area contributed by atoms with Crippen molar-refractivity contribution in [3.63, 3.8) is 0 Å².